The molecule has 1 aliphatic heterocycles. The van der Waals surface area contributed by atoms with E-state index in [-0.39, 0.29) is 11.8 Å². The van der Waals surface area contributed by atoms with Crippen molar-refractivity contribution in [2.75, 3.05) is 6.54 Å². The average Bonchev–Trinajstić information content (AvgIpc) is 3.44. The zero-order valence-electron chi connectivity index (χ0n) is 16.8. The van der Waals surface area contributed by atoms with E-state index in [4.69, 9.17) is 4.42 Å². The van der Waals surface area contributed by atoms with Crippen LogP contribution in [0.25, 0.3) is 5.52 Å². The Morgan fingerprint density at radius 3 is 2.93 bits per heavy atom. The highest BCUT2D eigenvalue weighted by atomic mass is 19.1. The fourth-order valence-corrected chi connectivity index (χ4v) is 3.78. The van der Waals surface area contributed by atoms with Crippen molar-refractivity contribution in [2.45, 2.75) is 38.9 Å². The molecule has 1 atom stereocenters. The Morgan fingerprint density at radius 1 is 1.37 bits per heavy atom. The van der Waals surface area contributed by atoms with Crippen molar-refractivity contribution < 1.29 is 13.6 Å². The molecule has 1 N–H and O–H groups in total. The largest absolute Gasteiger partial charge is 0.413 e. The molecule has 0 aromatic carbocycles. The number of fused-ring (bicyclic) bond motifs is 2. The number of H-pyrrole nitrogens is 1. The zero-order chi connectivity index (χ0) is 21.0. The molecule has 1 aliphatic rings. The van der Waals surface area contributed by atoms with Crippen molar-refractivity contribution in [2.24, 2.45) is 0 Å². The molecule has 154 valence electrons. The van der Waals surface area contributed by atoms with Crippen LogP contribution in [0, 0.1) is 6.92 Å². The number of nitrogens with one attached hydrogen (secondary N) is 1. The molecule has 9 nitrogen and oxygen atoms in total. The molecular formula is C20H20FN7O2. The molecule has 0 radical (unpaired) electrons. The normalized spacial score (nSPS) is 16.8. The molecule has 0 aliphatic carbocycles. The summed E-state index contributed by atoms with van der Waals surface area (Å²) in [6.07, 6.45) is 4.07. The summed E-state index contributed by atoms with van der Waals surface area (Å²) in [7, 11) is 0. The third kappa shape index (κ3) is 2.87. The summed E-state index contributed by atoms with van der Waals surface area (Å²) in [5.41, 5.74) is 2.54. The quantitative estimate of drug-likeness (QED) is 0.558. The molecular weight excluding hydrogens is 389 g/mol. The van der Waals surface area contributed by atoms with Crippen LogP contribution in [0.5, 0.6) is 0 Å². The van der Waals surface area contributed by atoms with E-state index in [0.717, 1.165) is 22.5 Å². The molecule has 0 spiro atoms. The molecule has 10 heteroatoms. The van der Waals surface area contributed by atoms with E-state index in [0.29, 0.717) is 18.7 Å². The summed E-state index contributed by atoms with van der Waals surface area (Å²) >= 11 is 0. The fraction of sp³-hybridized carbons (Fsp3) is 0.350. The number of alkyl halides is 1. The van der Waals surface area contributed by atoms with Crippen molar-refractivity contribution in [3.8, 4) is 0 Å². The molecule has 4 aromatic heterocycles. The molecule has 0 fully saturated rings. The van der Waals surface area contributed by atoms with Gasteiger partial charge in [-0.05, 0) is 38.5 Å². The Hall–Kier alpha value is -3.56. The summed E-state index contributed by atoms with van der Waals surface area (Å²) in [4.78, 5) is 22.5. The van der Waals surface area contributed by atoms with Crippen LogP contribution in [0.3, 0.4) is 0 Å². The number of carbonyl (C=O) groups excluding carboxylic acids is 1. The number of rotatable bonds is 3. The van der Waals surface area contributed by atoms with Crippen LogP contribution in [0.1, 0.15) is 59.1 Å². The van der Waals surface area contributed by atoms with Gasteiger partial charge in [0.2, 0.25) is 0 Å². The Bertz CT molecular complexity index is 1250. The lowest BCUT2D eigenvalue weighted by molar-refractivity contribution is 0.0636. The van der Waals surface area contributed by atoms with E-state index >= 15 is 0 Å². The van der Waals surface area contributed by atoms with Crippen LogP contribution in [-0.4, -0.2) is 47.1 Å². The van der Waals surface area contributed by atoms with Crippen molar-refractivity contribution in [3.63, 3.8) is 0 Å². The number of imidazole rings is 1. The van der Waals surface area contributed by atoms with Crippen LogP contribution in [0.4, 0.5) is 4.39 Å². The van der Waals surface area contributed by atoms with Gasteiger partial charge in [-0.25, -0.2) is 13.9 Å². The third-order valence-electron chi connectivity index (χ3n) is 5.31. The highest BCUT2D eigenvalue weighted by molar-refractivity contribution is 5.90. The van der Waals surface area contributed by atoms with Gasteiger partial charge in [0, 0.05) is 24.9 Å². The molecule has 0 unspecified atom stereocenters. The number of hydrogen-bond acceptors (Lipinski definition) is 6. The summed E-state index contributed by atoms with van der Waals surface area (Å²) in [5.74, 6) is -0.965. The Balaban J connectivity index is 1.59. The van der Waals surface area contributed by atoms with Crippen LogP contribution < -0.4 is 0 Å². The number of nitrogens with zero attached hydrogens (tertiary/aromatic N) is 6. The predicted octanol–water partition coefficient (Wildman–Crippen LogP) is 2.74. The number of hydrogen-bond donors (Lipinski definition) is 1. The van der Waals surface area contributed by atoms with Gasteiger partial charge in [-0.3, -0.25) is 4.79 Å². The lowest BCUT2D eigenvalue weighted by Gasteiger charge is -2.32. The maximum absolute atomic E-state index is 14.1. The number of aryl methyl sites for hydroxylation is 1. The van der Waals surface area contributed by atoms with E-state index in [9.17, 15) is 9.18 Å². The SMILES string of the molecule is Cc1cccn2nc([C@H]3c4nc[nH]c4CCN3C(=O)c3nnc(C(C)(C)F)o3)cc12. The van der Waals surface area contributed by atoms with Crippen molar-refractivity contribution in [1.82, 2.24) is 34.7 Å². The van der Waals surface area contributed by atoms with Crippen molar-refractivity contribution in [1.29, 1.82) is 0 Å². The number of carbonyl (C=O) groups is 1. The van der Waals surface area contributed by atoms with Gasteiger partial charge in [-0.1, -0.05) is 6.07 Å². The smallest absolute Gasteiger partial charge is 0.312 e. The highest BCUT2D eigenvalue weighted by Gasteiger charge is 2.39. The van der Waals surface area contributed by atoms with Gasteiger partial charge in [0.1, 0.15) is 6.04 Å². The van der Waals surface area contributed by atoms with Gasteiger partial charge in [0.15, 0.2) is 5.67 Å². The van der Waals surface area contributed by atoms with Gasteiger partial charge in [0.05, 0.1) is 23.2 Å². The second-order valence-corrected chi connectivity index (χ2v) is 7.89. The summed E-state index contributed by atoms with van der Waals surface area (Å²) in [5, 5.41) is 12.2. The summed E-state index contributed by atoms with van der Waals surface area (Å²) < 4.78 is 21.3. The van der Waals surface area contributed by atoms with Gasteiger partial charge >= 0.3 is 11.8 Å². The predicted molar refractivity (Wildman–Crippen MR) is 104 cm³/mol. The van der Waals surface area contributed by atoms with E-state index in [1.165, 1.54) is 13.8 Å². The van der Waals surface area contributed by atoms with Gasteiger partial charge in [-0.2, -0.15) is 5.10 Å². The number of amides is 1. The van der Waals surface area contributed by atoms with Gasteiger partial charge in [-0.15, -0.1) is 10.2 Å². The first kappa shape index (κ1) is 18.5. The Kier molecular flexibility index (Phi) is 3.99. The number of halogens is 1. The number of aromatic amines is 1. The van der Waals surface area contributed by atoms with Crippen LogP contribution in [0.2, 0.25) is 0 Å². The second kappa shape index (κ2) is 6.48. The van der Waals surface area contributed by atoms with Crippen molar-refractivity contribution in [3.05, 3.63) is 65.1 Å². The van der Waals surface area contributed by atoms with E-state index in [1.54, 1.807) is 15.7 Å². The lowest BCUT2D eigenvalue weighted by Crippen LogP contribution is -2.41. The minimum Gasteiger partial charge on any atom is -0.413 e. The van der Waals surface area contributed by atoms with Gasteiger partial charge < -0.3 is 14.3 Å². The lowest BCUT2D eigenvalue weighted by atomic mass is 9.99. The molecule has 5 heterocycles. The Morgan fingerprint density at radius 2 is 2.20 bits per heavy atom. The molecule has 0 bridgehead atoms. The zero-order valence-corrected chi connectivity index (χ0v) is 16.8. The third-order valence-corrected chi connectivity index (χ3v) is 5.31. The first-order chi connectivity index (χ1) is 14.3. The molecule has 0 saturated heterocycles. The van der Waals surface area contributed by atoms with E-state index in [1.807, 2.05) is 31.3 Å². The molecule has 5 rings (SSSR count). The minimum atomic E-state index is -1.83. The Labute approximate surface area is 170 Å². The fourth-order valence-electron chi connectivity index (χ4n) is 3.78. The summed E-state index contributed by atoms with van der Waals surface area (Å²) in [6.45, 7) is 5.01. The molecule has 4 aromatic rings. The van der Waals surface area contributed by atoms with Crippen LogP contribution in [-0.2, 0) is 12.1 Å². The van der Waals surface area contributed by atoms with E-state index in [2.05, 4.69) is 25.3 Å². The monoisotopic (exact) mass is 409 g/mol. The van der Waals surface area contributed by atoms with Crippen LogP contribution >= 0.6 is 0 Å². The number of aromatic nitrogens is 6. The van der Waals surface area contributed by atoms with Crippen LogP contribution in [0.15, 0.2) is 35.1 Å². The maximum Gasteiger partial charge on any atom is 0.312 e. The molecule has 30 heavy (non-hydrogen) atoms. The highest BCUT2D eigenvalue weighted by Crippen LogP contribution is 2.34. The first-order valence-electron chi connectivity index (χ1n) is 9.64. The first-order valence-corrected chi connectivity index (χ1v) is 9.64. The standard InChI is InChI=1S/C20H20FN7O2/c1-11-5-4-7-28-14(11)9-13(26-28)16-15-12(22-10-23-15)6-8-27(16)18(29)17-24-25-19(30-17)20(2,3)21/h4-5,7,9-10,16H,6,8H2,1-3H3,(H,22,23)/t16-/m0/s1. The topological polar surface area (TPSA) is 105 Å². The minimum absolute atomic E-state index is 0.233. The second-order valence-electron chi connectivity index (χ2n) is 7.89. The number of pyridine rings is 1. The average molecular weight is 409 g/mol. The molecule has 1 amide bonds. The summed E-state index contributed by atoms with van der Waals surface area (Å²) in [6, 6.07) is 5.35. The molecule has 0 saturated carbocycles. The van der Waals surface area contributed by atoms with E-state index < -0.39 is 17.6 Å². The maximum atomic E-state index is 14.1. The van der Waals surface area contributed by atoms with Crippen molar-refractivity contribution >= 4 is 11.4 Å². The van der Waals surface area contributed by atoms with Gasteiger partial charge in [0.25, 0.3) is 5.89 Å².